The number of hydrogen-bond acceptors (Lipinski definition) is 6. The standard InChI is InChI=1S/C19H35N5O5S/c1-2-29-19(26)22-12-14-23(15-13-22)30(27,28)24-10-5-6-17(16-24)18(25)20-7-11-21-8-3-4-9-21/h17H,2-16H2,1H3,(H,20,25)/t17-/m0/s1. The largest absolute Gasteiger partial charge is 0.450 e. The fourth-order valence-electron chi connectivity index (χ4n) is 4.33. The molecule has 3 saturated heterocycles. The number of hydrogen-bond donors (Lipinski definition) is 1. The Kier molecular flexibility index (Phi) is 8.32. The fourth-order valence-corrected chi connectivity index (χ4v) is 6.01. The van der Waals surface area contributed by atoms with Crippen LogP contribution in [0.1, 0.15) is 32.6 Å². The third-order valence-electron chi connectivity index (χ3n) is 6.10. The minimum atomic E-state index is -3.65. The van der Waals surface area contributed by atoms with Crippen molar-refractivity contribution in [2.45, 2.75) is 32.6 Å². The molecule has 1 N–H and O–H groups in total. The molecule has 3 fully saturated rings. The molecule has 1 atom stereocenters. The van der Waals surface area contributed by atoms with Gasteiger partial charge in [0.15, 0.2) is 0 Å². The third kappa shape index (κ3) is 5.83. The van der Waals surface area contributed by atoms with Gasteiger partial charge in [-0.25, -0.2) is 4.79 Å². The summed E-state index contributed by atoms with van der Waals surface area (Å²) in [6, 6.07) is 0. The second-order valence-electron chi connectivity index (χ2n) is 8.13. The van der Waals surface area contributed by atoms with Crippen LogP contribution in [0.3, 0.4) is 0 Å². The van der Waals surface area contributed by atoms with Crippen molar-refractivity contribution in [2.75, 3.05) is 72.1 Å². The van der Waals surface area contributed by atoms with Gasteiger partial charge in [0.05, 0.1) is 12.5 Å². The van der Waals surface area contributed by atoms with E-state index in [4.69, 9.17) is 4.74 Å². The van der Waals surface area contributed by atoms with Gasteiger partial charge in [0, 0.05) is 52.4 Å². The van der Waals surface area contributed by atoms with Gasteiger partial charge >= 0.3 is 6.09 Å². The van der Waals surface area contributed by atoms with Gasteiger partial charge in [0.1, 0.15) is 0 Å². The third-order valence-corrected chi connectivity index (χ3v) is 8.10. The van der Waals surface area contributed by atoms with Gasteiger partial charge in [0.2, 0.25) is 5.91 Å². The van der Waals surface area contributed by atoms with Crippen molar-refractivity contribution in [2.24, 2.45) is 5.92 Å². The van der Waals surface area contributed by atoms with Crippen molar-refractivity contribution in [3.8, 4) is 0 Å². The van der Waals surface area contributed by atoms with Crippen LogP contribution in [-0.4, -0.2) is 111 Å². The molecular weight excluding hydrogens is 410 g/mol. The first-order valence-corrected chi connectivity index (χ1v) is 12.5. The molecule has 0 bridgehead atoms. The zero-order valence-corrected chi connectivity index (χ0v) is 18.7. The average molecular weight is 446 g/mol. The molecule has 3 aliphatic rings. The maximum atomic E-state index is 13.1. The molecule has 30 heavy (non-hydrogen) atoms. The second kappa shape index (κ2) is 10.7. The van der Waals surface area contributed by atoms with Crippen LogP contribution < -0.4 is 5.32 Å². The lowest BCUT2D eigenvalue weighted by Crippen LogP contribution is -2.56. The molecule has 0 spiro atoms. The van der Waals surface area contributed by atoms with Gasteiger partial charge in [0.25, 0.3) is 10.2 Å². The number of nitrogens with zero attached hydrogens (tertiary/aromatic N) is 4. The number of likely N-dealkylation sites (tertiary alicyclic amines) is 1. The number of carbonyl (C=O) groups excluding carboxylic acids is 2. The highest BCUT2D eigenvalue weighted by Crippen LogP contribution is 2.22. The molecule has 3 heterocycles. The molecule has 0 saturated carbocycles. The Hall–Kier alpha value is -1.43. The topological polar surface area (TPSA) is 102 Å². The Morgan fingerprint density at radius 2 is 1.67 bits per heavy atom. The van der Waals surface area contributed by atoms with E-state index in [2.05, 4.69) is 10.2 Å². The molecule has 0 radical (unpaired) electrons. The summed E-state index contributed by atoms with van der Waals surface area (Å²) in [5.74, 6) is -0.367. The number of piperazine rings is 1. The average Bonchev–Trinajstić information content (AvgIpc) is 3.27. The molecule has 172 valence electrons. The number of rotatable bonds is 7. The van der Waals surface area contributed by atoms with E-state index in [9.17, 15) is 18.0 Å². The van der Waals surface area contributed by atoms with Gasteiger partial charge in [-0.15, -0.1) is 0 Å². The molecule has 2 amide bonds. The predicted molar refractivity (Wildman–Crippen MR) is 112 cm³/mol. The molecule has 0 aromatic heterocycles. The van der Waals surface area contributed by atoms with E-state index in [1.54, 1.807) is 6.92 Å². The van der Waals surface area contributed by atoms with Crippen molar-refractivity contribution in [1.82, 2.24) is 23.7 Å². The number of piperidine rings is 1. The fraction of sp³-hybridized carbons (Fsp3) is 0.895. The predicted octanol–water partition coefficient (Wildman–Crippen LogP) is -0.0707. The van der Waals surface area contributed by atoms with E-state index in [1.807, 2.05) is 0 Å². The van der Waals surface area contributed by atoms with Crippen LogP contribution in [0, 0.1) is 5.92 Å². The zero-order valence-electron chi connectivity index (χ0n) is 17.9. The first-order valence-electron chi connectivity index (χ1n) is 11.1. The summed E-state index contributed by atoms with van der Waals surface area (Å²) < 4.78 is 34.0. The Morgan fingerprint density at radius 3 is 2.33 bits per heavy atom. The number of carbonyl (C=O) groups is 2. The number of ether oxygens (including phenoxy) is 1. The number of amides is 2. The molecule has 0 unspecified atom stereocenters. The Morgan fingerprint density at radius 1 is 0.967 bits per heavy atom. The Balaban J connectivity index is 1.47. The summed E-state index contributed by atoms with van der Waals surface area (Å²) in [6.07, 6.45) is 3.41. The van der Waals surface area contributed by atoms with Crippen LogP contribution >= 0.6 is 0 Å². The van der Waals surface area contributed by atoms with Crippen LogP contribution in [0.5, 0.6) is 0 Å². The van der Waals surface area contributed by atoms with Gasteiger partial charge in [-0.2, -0.15) is 17.0 Å². The van der Waals surface area contributed by atoms with Crippen LogP contribution in [0.15, 0.2) is 0 Å². The summed E-state index contributed by atoms with van der Waals surface area (Å²) in [5.41, 5.74) is 0. The van der Waals surface area contributed by atoms with Gasteiger partial charge in [-0.05, 0) is 45.7 Å². The molecule has 3 aliphatic heterocycles. The number of nitrogens with one attached hydrogen (secondary N) is 1. The lowest BCUT2D eigenvalue weighted by atomic mass is 9.99. The summed E-state index contributed by atoms with van der Waals surface area (Å²) in [4.78, 5) is 28.3. The smallest absolute Gasteiger partial charge is 0.409 e. The molecule has 3 rings (SSSR count). The minimum absolute atomic E-state index is 0.0544. The molecule has 0 aromatic rings. The second-order valence-corrected chi connectivity index (χ2v) is 10.1. The molecule has 11 heteroatoms. The van der Waals surface area contributed by atoms with E-state index in [0.29, 0.717) is 45.6 Å². The maximum Gasteiger partial charge on any atom is 0.409 e. The van der Waals surface area contributed by atoms with Crippen LogP contribution in [0.2, 0.25) is 0 Å². The highest BCUT2D eigenvalue weighted by atomic mass is 32.2. The van der Waals surface area contributed by atoms with Crippen molar-refractivity contribution in [1.29, 1.82) is 0 Å². The van der Waals surface area contributed by atoms with Gasteiger partial charge in [-0.3, -0.25) is 4.79 Å². The normalized spacial score (nSPS) is 24.7. The minimum Gasteiger partial charge on any atom is -0.450 e. The van der Waals surface area contributed by atoms with Crippen molar-refractivity contribution in [3.63, 3.8) is 0 Å². The summed E-state index contributed by atoms with van der Waals surface area (Å²) in [7, 11) is -3.65. The Labute approximate surface area is 179 Å². The Bertz CT molecular complexity index is 689. The van der Waals surface area contributed by atoms with E-state index in [0.717, 1.165) is 19.6 Å². The molecule has 10 nitrogen and oxygen atoms in total. The zero-order chi connectivity index (χ0) is 21.6. The molecule has 0 aromatic carbocycles. The van der Waals surface area contributed by atoms with E-state index in [1.165, 1.54) is 26.4 Å². The maximum absolute atomic E-state index is 13.1. The monoisotopic (exact) mass is 445 g/mol. The first kappa shape index (κ1) is 23.2. The van der Waals surface area contributed by atoms with Crippen molar-refractivity contribution < 1.29 is 22.7 Å². The molecular formula is C19H35N5O5S. The highest BCUT2D eigenvalue weighted by molar-refractivity contribution is 7.86. The van der Waals surface area contributed by atoms with E-state index in [-0.39, 0.29) is 31.5 Å². The highest BCUT2D eigenvalue weighted by Gasteiger charge is 2.37. The van der Waals surface area contributed by atoms with E-state index < -0.39 is 16.3 Å². The van der Waals surface area contributed by atoms with Gasteiger partial charge in [-0.1, -0.05) is 0 Å². The summed E-state index contributed by atoms with van der Waals surface area (Å²) in [6.45, 7) is 7.44. The lowest BCUT2D eigenvalue weighted by Gasteiger charge is -2.38. The summed E-state index contributed by atoms with van der Waals surface area (Å²) in [5, 5.41) is 2.99. The van der Waals surface area contributed by atoms with Crippen molar-refractivity contribution >= 4 is 22.2 Å². The van der Waals surface area contributed by atoms with Gasteiger partial charge < -0.3 is 19.9 Å². The summed E-state index contributed by atoms with van der Waals surface area (Å²) >= 11 is 0. The van der Waals surface area contributed by atoms with Crippen LogP contribution in [-0.2, 0) is 19.7 Å². The van der Waals surface area contributed by atoms with Crippen LogP contribution in [0.4, 0.5) is 4.79 Å². The molecule has 0 aliphatic carbocycles. The van der Waals surface area contributed by atoms with Crippen molar-refractivity contribution in [3.05, 3.63) is 0 Å². The SMILES string of the molecule is CCOC(=O)N1CCN(S(=O)(=O)N2CCC[C@H](C(=O)NCCN3CCCC3)C2)CC1. The quantitative estimate of drug-likeness (QED) is 0.589. The van der Waals surface area contributed by atoms with E-state index >= 15 is 0 Å². The first-order chi connectivity index (χ1) is 14.4. The van der Waals surface area contributed by atoms with Crippen LogP contribution in [0.25, 0.3) is 0 Å². The lowest BCUT2D eigenvalue weighted by molar-refractivity contribution is -0.126.